The third-order valence-corrected chi connectivity index (χ3v) is 4.90. The molecule has 0 radical (unpaired) electrons. The van der Waals surface area contributed by atoms with Gasteiger partial charge in [-0.2, -0.15) is 0 Å². The molecule has 1 fully saturated rings. The first kappa shape index (κ1) is 15.1. The molecule has 0 saturated heterocycles. The number of nitrogens with zero attached hydrogens (tertiary/aromatic N) is 2. The third-order valence-electron chi connectivity index (χ3n) is 3.71. The van der Waals surface area contributed by atoms with Gasteiger partial charge < -0.3 is 21.1 Å². The minimum Gasteiger partial charge on any atom is -0.393 e. The Bertz CT molecular complexity index is 477. The number of aliphatic hydroxyl groups is 1. The molecule has 6 nitrogen and oxygen atoms in total. The number of aliphatic hydroxyl groups excluding tert-OH is 1. The highest BCUT2D eigenvalue weighted by Crippen LogP contribution is 2.28. The van der Waals surface area contributed by atoms with Gasteiger partial charge in [0.2, 0.25) is 0 Å². The summed E-state index contributed by atoms with van der Waals surface area (Å²) < 4.78 is 0. The van der Waals surface area contributed by atoms with Gasteiger partial charge in [-0.1, -0.05) is 11.3 Å². The van der Waals surface area contributed by atoms with Crippen molar-refractivity contribution in [3.63, 3.8) is 0 Å². The summed E-state index contributed by atoms with van der Waals surface area (Å²) >= 11 is 1.31. The van der Waals surface area contributed by atoms with Crippen LogP contribution in [0, 0.1) is 5.92 Å². The van der Waals surface area contributed by atoms with Crippen molar-refractivity contribution in [1.29, 1.82) is 0 Å². The van der Waals surface area contributed by atoms with Crippen molar-refractivity contribution in [2.24, 2.45) is 5.92 Å². The number of nitrogens with one attached hydrogen (secondary N) is 1. The lowest BCUT2D eigenvalue weighted by molar-refractivity contribution is 0.0950. The Hall–Kier alpha value is -1.34. The van der Waals surface area contributed by atoms with Gasteiger partial charge in [-0.3, -0.25) is 4.79 Å². The van der Waals surface area contributed by atoms with E-state index in [4.69, 9.17) is 5.73 Å². The number of hydrogen-bond acceptors (Lipinski definition) is 6. The van der Waals surface area contributed by atoms with E-state index in [0.29, 0.717) is 17.3 Å². The summed E-state index contributed by atoms with van der Waals surface area (Å²) in [5, 5.41) is 13.1. The molecule has 2 atom stereocenters. The maximum atomic E-state index is 12.1. The monoisotopic (exact) mass is 298 g/mol. The van der Waals surface area contributed by atoms with Crippen molar-refractivity contribution in [2.45, 2.75) is 32.3 Å². The number of amides is 1. The number of hydrogen-bond donors (Lipinski definition) is 3. The van der Waals surface area contributed by atoms with Crippen LogP contribution >= 0.6 is 11.3 Å². The lowest BCUT2D eigenvalue weighted by Crippen LogP contribution is -2.28. The minimum absolute atomic E-state index is 0.169. The zero-order valence-corrected chi connectivity index (χ0v) is 12.7. The average Bonchev–Trinajstić information content (AvgIpc) is 3.01. The molecule has 0 aliphatic heterocycles. The van der Waals surface area contributed by atoms with E-state index in [-0.39, 0.29) is 17.8 Å². The van der Waals surface area contributed by atoms with Crippen LogP contribution < -0.4 is 16.0 Å². The van der Waals surface area contributed by atoms with Crippen LogP contribution in [0.5, 0.6) is 0 Å². The molecule has 2 rings (SSSR count). The normalized spacial score (nSPS) is 21.9. The maximum absolute atomic E-state index is 12.1. The molecule has 0 aromatic carbocycles. The van der Waals surface area contributed by atoms with E-state index in [2.05, 4.69) is 10.3 Å². The number of thiazole rings is 1. The Morgan fingerprint density at radius 2 is 2.35 bits per heavy atom. The predicted octanol–water partition coefficient (Wildman–Crippen LogP) is 1.07. The molecule has 112 valence electrons. The van der Waals surface area contributed by atoms with Gasteiger partial charge in [-0.15, -0.1) is 0 Å². The average molecular weight is 298 g/mol. The highest BCUT2D eigenvalue weighted by molar-refractivity contribution is 7.18. The molecule has 20 heavy (non-hydrogen) atoms. The van der Waals surface area contributed by atoms with Crippen molar-refractivity contribution in [3.8, 4) is 0 Å². The molecule has 1 aliphatic carbocycles. The lowest BCUT2D eigenvalue weighted by atomic mass is 10.1. The lowest BCUT2D eigenvalue weighted by Gasteiger charge is -2.11. The number of nitrogens with two attached hydrogens (primary N) is 1. The topological polar surface area (TPSA) is 91.5 Å². The standard InChI is InChI=1S/C13H22N4O2S/c1-3-17(2)13-16-11(14)10(20-13)12(19)15-7-8-4-5-9(18)6-8/h8-9,18H,3-7,14H2,1-2H3,(H,15,19). The summed E-state index contributed by atoms with van der Waals surface area (Å²) in [5.74, 6) is 0.479. The Morgan fingerprint density at radius 1 is 1.60 bits per heavy atom. The summed E-state index contributed by atoms with van der Waals surface area (Å²) in [6.45, 7) is 3.42. The highest BCUT2D eigenvalue weighted by atomic mass is 32.1. The zero-order chi connectivity index (χ0) is 14.7. The fraction of sp³-hybridized carbons (Fsp3) is 0.692. The molecular weight excluding hydrogens is 276 g/mol. The van der Waals surface area contributed by atoms with E-state index in [1.54, 1.807) is 0 Å². The second-order valence-corrected chi connectivity index (χ2v) is 6.25. The summed E-state index contributed by atoms with van der Waals surface area (Å²) in [7, 11) is 1.92. The fourth-order valence-electron chi connectivity index (χ4n) is 2.33. The van der Waals surface area contributed by atoms with Gasteiger partial charge in [0.1, 0.15) is 10.7 Å². The molecule has 1 aromatic rings. The number of rotatable bonds is 5. The minimum atomic E-state index is -0.213. The number of carbonyl (C=O) groups excluding carboxylic acids is 1. The van der Waals surface area contributed by atoms with Gasteiger partial charge in [0, 0.05) is 20.1 Å². The van der Waals surface area contributed by atoms with Gasteiger partial charge in [-0.25, -0.2) is 4.98 Å². The molecule has 1 aliphatic rings. The molecule has 0 spiro atoms. The molecule has 1 aromatic heterocycles. The Balaban J connectivity index is 1.93. The van der Waals surface area contributed by atoms with Crippen LogP contribution in [0.3, 0.4) is 0 Å². The predicted molar refractivity (Wildman–Crippen MR) is 81.2 cm³/mol. The second kappa shape index (κ2) is 6.41. The van der Waals surface area contributed by atoms with Crippen LogP contribution in [0.2, 0.25) is 0 Å². The SMILES string of the molecule is CCN(C)c1nc(N)c(C(=O)NCC2CCC(O)C2)s1. The van der Waals surface area contributed by atoms with Crippen molar-refractivity contribution >= 4 is 28.2 Å². The first-order valence-electron chi connectivity index (χ1n) is 6.95. The smallest absolute Gasteiger partial charge is 0.265 e. The van der Waals surface area contributed by atoms with E-state index in [9.17, 15) is 9.90 Å². The second-order valence-electron chi connectivity index (χ2n) is 5.27. The van der Waals surface area contributed by atoms with Crippen LogP contribution in [0.25, 0.3) is 0 Å². The van der Waals surface area contributed by atoms with E-state index in [1.165, 1.54) is 11.3 Å². The van der Waals surface area contributed by atoms with Crippen molar-refractivity contribution in [3.05, 3.63) is 4.88 Å². The van der Waals surface area contributed by atoms with Crippen LogP contribution in [-0.4, -0.2) is 42.2 Å². The Kier molecular flexibility index (Phi) is 4.82. The number of aromatic nitrogens is 1. The highest BCUT2D eigenvalue weighted by Gasteiger charge is 2.24. The molecule has 7 heteroatoms. The van der Waals surface area contributed by atoms with E-state index >= 15 is 0 Å². The molecule has 1 amide bonds. The zero-order valence-electron chi connectivity index (χ0n) is 11.9. The van der Waals surface area contributed by atoms with E-state index in [1.807, 2.05) is 18.9 Å². The fourth-order valence-corrected chi connectivity index (χ4v) is 3.26. The Labute approximate surface area is 123 Å². The molecule has 2 unspecified atom stereocenters. The number of carbonyl (C=O) groups is 1. The van der Waals surface area contributed by atoms with Gasteiger partial charge in [0.15, 0.2) is 5.13 Å². The van der Waals surface area contributed by atoms with Crippen molar-refractivity contribution in [2.75, 3.05) is 30.8 Å². The van der Waals surface area contributed by atoms with Crippen molar-refractivity contribution in [1.82, 2.24) is 10.3 Å². The van der Waals surface area contributed by atoms with Gasteiger partial charge in [0.25, 0.3) is 5.91 Å². The van der Waals surface area contributed by atoms with Crippen LogP contribution in [0.4, 0.5) is 10.9 Å². The van der Waals surface area contributed by atoms with Gasteiger partial charge in [-0.05, 0) is 32.1 Å². The molecule has 4 N–H and O–H groups in total. The van der Waals surface area contributed by atoms with E-state index in [0.717, 1.165) is 30.9 Å². The van der Waals surface area contributed by atoms with Gasteiger partial charge >= 0.3 is 0 Å². The summed E-state index contributed by atoms with van der Waals surface area (Å²) in [6.07, 6.45) is 2.34. The number of nitrogen functional groups attached to an aromatic ring is 1. The van der Waals surface area contributed by atoms with Crippen LogP contribution in [-0.2, 0) is 0 Å². The summed E-state index contributed by atoms with van der Waals surface area (Å²) in [6, 6.07) is 0. The van der Waals surface area contributed by atoms with Crippen LogP contribution in [0.15, 0.2) is 0 Å². The maximum Gasteiger partial charge on any atom is 0.265 e. The molecule has 1 saturated carbocycles. The first-order valence-corrected chi connectivity index (χ1v) is 7.76. The summed E-state index contributed by atoms with van der Waals surface area (Å²) in [4.78, 5) is 18.8. The van der Waals surface area contributed by atoms with Crippen LogP contribution in [0.1, 0.15) is 35.9 Å². The molecular formula is C13H22N4O2S. The van der Waals surface area contributed by atoms with Crippen molar-refractivity contribution < 1.29 is 9.90 Å². The molecule has 0 bridgehead atoms. The molecule has 1 heterocycles. The Morgan fingerprint density at radius 3 is 2.95 bits per heavy atom. The van der Waals surface area contributed by atoms with Gasteiger partial charge in [0.05, 0.1) is 6.10 Å². The third kappa shape index (κ3) is 3.40. The quantitative estimate of drug-likeness (QED) is 0.756. The number of anilines is 2. The largest absolute Gasteiger partial charge is 0.393 e. The summed E-state index contributed by atoms with van der Waals surface area (Å²) in [5.41, 5.74) is 5.81. The first-order chi connectivity index (χ1) is 9.51. The van der Waals surface area contributed by atoms with E-state index < -0.39 is 0 Å².